The van der Waals surface area contributed by atoms with Crippen LogP contribution in [-0.2, 0) is 14.1 Å². The Bertz CT molecular complexity index is 1740. The maximum absolute atomic E-state index is 6.47. The molecule has 3 aromatic heterocycles. The van der Waals surface area contributed by atoms with Crippen LogP contribution in [0.3, 0.4) is 0 Å². The zero-order chi connectivity index (χ0) is 26.2. The molecule has 3 aromatic carbocycles. The predicted molar refractivity (Wildman–Crippen MR) is 149 cm³/mol. The van der Waals surface area contributed by atoms with Crippen LogP contribution >= 0.6 is 0 Å². The van der Waals surface area contributed by atoms with Gasteiger partial charge in [0.1, 0.15) is 23.1 Å². The van der Waals surface area contributed by atoms with Crippen LogP contribution in [0.15, 0.2) is 97.6 Å². The molecule has 7 nitrogen and oxygen atoms in total. The largest absolute Gasteiger partial charge is 0.457 e. The van der Waals surface area contributed by atoms with Gasteiger partial charge in [0.05, 0.1) is 11.4 Å². The highest BCUT2D eigenvalue weighted by Crippen LogP contribution is 2.37. The van der Waals surface area contributed by atoms with Crippen LogP contribution in [0, 0.1) is 13.8 Å². The Morgan fingerprint density at radius 3 is 2.00 bits per heavy atom. The molecule has 0 radical (unpaired) electrons. The van der Waals surface area contributed by atoms with Gasteiger partial charge in [-0.25, -0.2) is 14.6 Å². The van der Waals surface area contributed by atoms with Crippen molar-refractivity contribution >= 4 is 0 Å². The topological polar surface area (TPSA) is 62.7 Å². The molecule has 0 N–H and O–H groups in total. The molecule has 0 spiro atoms. The fourth-order valence-electron chi connectivity index (χ4n) is 4.93. The van der Waals surface area contributed by atoms with E-state index in [1.165, 1.54) is 0 Å². The second-order valence-corrected chi connectivity index (χ2v) is 9.39. The van der Waals surface area contributed by atoms with Gasteiger partial charge in [-0.3, -0.25) is 0 Å². The van der Waals surface area contributed by atoms with E-state index in [9.17, 15) is 0 Å². The number of aromatic nitrogens is 6. The molecule has 0 amide bonds. The monoisotopic (exact) mass is 500 g/mol. The van der Waals surface area contributed by atoms with E-state index in [2.05, 4.69) is 41.2 Å². The first kappa shape index (κ1) is 23.5. The Labute approximate surface area is 221 Å². The van der Waals surface area contributed by atoms with Crippen LogP contribution in [0.25, 0.3) is 39.6 Å². The van der Waals surface area contributed by atoms with Crippen molar-refractivity contribution in [2.45, 2.75) is 13.8 Å². The average molecular weight is 501 g/mol. The second-order valence-electron chi connectivity index (χ2n) is 9.39. The standard InChI is InChI=1S/C31H28N6O/c1-21-29(22(2)37(34-21)26-10-6-5-7-11-26)24-17-25(31-33-14-16-36(31)4)20-28(19-24)38-27-12-8-9-23(18-27)30-32-13-15-35(30)3/h5-20H,1-4H3. The van der Waals surface area contributed by atoms with Crippen molar-refractivity contribution < 1.29 is 4.74 Å². The molecular weight excluding hydrogens is 472 g/mol. The van der Waals surface area contributed by atoms with Gasteiger partial charge in [-0.05, 0) is 61.9 Å². The lowest BCUT2D eigenvalue weighted by Crippen LogP contribution is -1.98. The highest BCUT2D eigenvalue weighted by Gasteiger charge is 2.18. The smallest absolute Gasteiger partial charge is 0.139 e. The van der Waals surface area contributed by atoms with Crippen LogP contribution < -0.4 is 4.74 Å². The predicted octanol–water partition coefficient (Wildman–Crippen LogP) is 6.75. The van der Waals surface area contributed by atoms with Crippen molar-refractivity contribution in [2.75, 3.05) is 0 Å². The first-order valence-corrected chi connectivity index (χ1v) is 12.5. The first-order valence-electron chi connectivity index (χ1n) is 12.5. The SMILES string of the molecule is Cc1nn(-c2ccccc2)c(C)c1-c1cc(Oc2cccc(-c3nccn3C)c2)cc(-c2nccn2C)c1. The summed E-state index contributed by atoms with van der Waals surface area (Å²) in [6, 6.07) is 24.5. The van der Waals surface area contributed by atoms with E-state index in [0.29, 0.717) is 0 Å². The average Bonchev–Trinajstić information content (AvgIpc) is 3.62. The lowest BCUT2D eigenvalue weighted by atomic mass is 10.0. The Morgan fingerprint density at radius 2 is 1.32 bits per heavy atom. The van der Waals surface area contributed by atoms with Gasteiger partial charge in [0.25, 0.3) is 0 Å². The van der Waals surface area contributed by atoms with Gasteiger partial charge in [0.2, 0.25) is 0 Å². The third-order valence-electron chi connectivity index (χ3n) is 6.72. The fraction of sp³-hybridized carbons (Fsp3) is 0.129. The minimum atomic E-state index is 0.726. The molecule has 38 heavy (non-hydrogen) atoms. The Morgan fingerprint density at radius 1 is 0.658 bits per heavy atom. The summed E-state index contributed by atoms with van der Waals surface area (Å²) < 4.78 is 12.5. The number of nitrogens with zero attached hydrogens (tertiary/aromatic N) is 6. The third-order valence-corrected chi connectivity index (χ3v) is 6.72. The molecule has 0 bridgehead atoms. The summed E-state index contributed by atoms with van der Waals surface area (Å²) in [5.41, 5.74) is 7.11. The third kappa shape index (κ3) is 4.28. The minimum Gasteiger partial charge on any atom is -0.457 e. The van der Waals surface area contributed by atoms with Crippen LogP contribution in [0.4, 0.5) is 0 Å². The van der Waals surface area contributed by atoms with Gasteiger partial charge < -0.3 is 13.9 Å². The molecule has 188 valence electrons. The van der Waals surface area contributed by atoms with E-state index < -0.39 is 0 Å². The molecular formula is C31H28N6O. The van der Waals surface area contributed by atoms with Gasteiger partial charge in [-0.1, -0.05) is 30.3 Å². The highest BCUT2D eigenvalue weighted by molar-refractivity contribution is 5.76. The Balaban J connectivity index is 1.46. The zero-order valence-electron chi connectivity index (χ0n) is 21.8. The van der Waals surface area contributed by atoms with Crippen molar-refractivity contribution in [1.82, 2.24) is 28.9 Å². The summed E-state index contributed by atoms with van der Waals surface area (Å²) >= 11 is 0. The molecule has 0 atom stereocenters. The van der Waals surface area contributed by atoms with Crippen molar-refractivity contribution in [1.29, 1.82) is 0 Å². The molecule has 0 unspecified atom stereocenters. The Hall–Kier alpha value is -4.91. The second kappa shape index (κ2) is 9.52. The van der Waals surface area contributed by atoms with Crippen LogP contribution in [0.5, 0.6) is 11.5 Å². The lowest BCUT2D eigenvalue weighted by molar-refractivity contribution is 0.483. The van der Waals surface area contributed by atoms with E-state index in [0.717, 1.165) is 62.5 Å². The van der Waals surface area contributed by atoms with E-state index in [4.69, 9.17) is 9.84 Å². The molecule has 0 saturated heterocycles. The maximum Gasteiger partial charge on any atom is 0.139 e. The van der Waals surface area contributed by atoms with Crippen LogP contribution in [0.1, 0.15) is 11.4 Å². The fourth-order valence-corrected chi connectivity index (χ4v) is 4.93. The number of hydrogen-bond donors (Lipinski definition) is 0. The van der Waals surface area contributed by atoms with Gasteiger partial charge in [-0.15, -0.1) is 0 Å². The number of aryl methyl sites for hydroxylation is 3. The number of rotatable bonds is 6. The molecule has 3 heterocycles. The summed E-state index contributed by atoms with van der Waals surface area (Å²) in [7, 11) is 3.98. The highest BCUT2D eigenvalue weighted by atomic mass is 16.5. The normalized spacial score (nSPS) is 11.2. The van der Waals surface area contributed by atoms with Crippen molar-refractivity contribution in [2.24, 2.45) is 14.1 Å². The van der Waals surface area contributed by atoms with Gasteiger partial charge in [0.15, 0.2) is 0 Å². The maximum atomic E-state index is 6.47. The quantitative estimate of drug-likeness (QED) is 0.254. The number of para-hydroxylation sites is 1. The Kier molecular flexibility index (Phi) is 5.88. The molecule has 6 aromatic rings. The van der Waals surface area contributed by atoms with Crippen LogP contribution in [0.2, 0.25) is 0 Å². The number of ether oxygens (including phenoxy) is 1. The van der Waals surface area contributed by atoms with E-state index in [1.54, 1.807) is 6.20 Å². The van der Waals surface area contributed by atoms with Crippen molar-refractivity contribution in [3.63, 3.8) is 0 Å². The van der Waals surface area contributed by atoms with Gasteiger partial charge >= 0.3 is 0 Å². The molecule has 0 saturated carbocycles. The van der Waals surface area contributed by atoms with E-state index in [1.807, 2.05) is 102 Å². The summed E-state index contributed by atoms with van der Waals surface area (Å²) in [5.74, 6) is 3.22. The van der Waals surface area contributed by atoms with Gasteiger partial charge in [-0.2, -0.15) is 5.10 Å². The molecule has 0 fully saturated rings. The van der Waals surface area contributed by atoms with Crippen LogP contribution in [-0.4, -0.2) is 28.9 Å². The van der Waals surface area contributed by atoms with Crippen molar-refractivity contribution in [3.05, 3.63) is 109 Å². The van der Waals surface area contributed by atoms with E-state index in [-0.39, 0.29) is 0 Å². The lowest BCUT2D eigenvalue weighted by Gasteiger charge is -2.13. The molecule has 6 rings (SSSR count). The first-order chi connectivity index (χ1) is 18.5. The zero-order valence-corrected chi connectivity index (χ0v) is 21.8. The summed E-state index contributed by atoms with van der Waals surface area (Å²) in [4.78, 5) is 9.08. The van der Waals surface area contributed by atoms with Crippen molar-refractivity contribution in [3.8, 4) is 51.1 Å². The summed E-state index contributed by atoms with van der Waals surface area (Å²) in [5, 5.41) is 4.87. The molecule has 0 aliphatic heterocycles. The van der Waals surface area contributed by atoms with E-state index >= 15 is 0 Å². The summed E-state index contributed by atoms with van der Waals surface area (Å²) in [6.07, 6.45) is 7.49. The summed E-state index contributed by atoms with van der Waals surface area (Å²) in [6.45, 7) is 4.15. The number of hydrogen-bond acceptors (Lipinski definition) is 4. The molecule has 0 aliphatic carbocycles. The molecule has 7 heteroatoms. The minimum absolute atomic E-state index is 0.726. The molecule has 0 aliphatic rings. The number of benzene rings is 3. The number of imidazole rings is 2. The van der Waals surface area contributed by atoms with Gasteiger partial charge in [0, 0.05) is 61.3 Å².